The second-order valence-corrected chi connectivity index (χ2v) is 16.0. The number of aromatic nitrogens is 2. The minimum atomic E-state index is -1.01. The van der Waals surface area contributed by atoms with Crippen LogP contribution in [0.25, 0.3) is 0 Å². The molecule has 8 heteroatoms. The van der Waals surface area contributed by atoms with Crippen LogP contribution in [-0.2, 0) is 16.6 Å². The van der Waals surface area contributed by atoms with Crippen molar-refractivity contribution in [3.8, 4) is 0 Å². The van der Waals surface area contributed by atoms with Crippen LogP contribution in [0.3, 0.4) is 0 Å². The molecule has 5 rings (SSSR count). The summed E-state index contributed by atoms with van der Waals surface area (Å²) in [6.07, 6.45) is 23.7. The largest absolute Gasteiger partial charge is 0.481 e. The third-order valence-corrected chi connectivity index (χ3v) is 12.7. The molecule has 8 unspecified atom stereocenters. The summed E-state index contributed by atoms with van der Waals surface area (Å²) in [5.74, 6) is -0.371. The van der Waals surface area contributed by atoms with E-state index in [2.05, 4.69) is 41.2 Å². The van der Waals surface area contributed by atoms with Crippen molar-refractivity contribution in [1.82, 2.24) is 9.97 Å². The Kier molecular flexibility index (Phi) is 13.4. The Hall–Kier alpha value is -2.68. The van der Waals surface area contributed by atoms with Crippen molar-refractivity contribution in [3.63, 3.8) is 0 Å². The van der Waals surface area contributed by atoms with Crippen LogP contribution in [0, 0.1) is 29.6 Å². The maximum atomic E-state index is 12.4. The summed E-state index contributed by atoms with van der Waals surface area (Å²) < 4.78 is 0. The quantitative estimate of drug-likeness (QED) is 0.0657. The molecule has 0 aliphatic heterocycles. The van der Waals surface area contributed by atoms with E-state index in [1.165, 1.54) is 24.8 Å². The molecule has 2 saturated carbocycles. The van der Waals surface area contributed by atoms with Crippen molar-refractivity contribution in [3.05, 3.63) is 60.1 Å². The van der Waals surface area contributed by atoms with Gasteiger partial charge in [0.1, 0.15) is 5.82 Å². The van der Waals surface area contributed by atoms with Crippen LogP contribution in [0.1, 0.15) is 134 Å². The Morgan fingerprint density at radius 1 is 1.06 bits per heavy atom. The monoisotopic (exact) mass is 677 g/mol. The fraction of sp³-hybridized carbons (Fsp3) is 0.707. The number of allylic oxidation sites excluding steroid dienone is 1. The van der Waals surface area contributed by atoms with Crippen molar-refractivity contribution in [1.29, 1.82) is 0 Å². The van der Waals surface area contributed by atoms with E-state index in [1.807, 2.05) is 18.3 Å². The molecule has 8 nitrogen and oxygen atoms in total. The molecule has 0 radical (unpaired) electrons. The molecule has 0 aromatic carbocycles. The van der Waals surface area contributed by atoms with Crippen LogP contribution >= 0.6 is 0 Å². The number of hydrogen-bond donors (Lipinski definition) is 6. The number of nitrogens with zero attached hydrogens (tertiary/aromatic N) is 1. The third-order valence-electron chi connectivity index (χ3n) is 12.7. The van der Waals surface area contributed by atoms with Gasteiger partial charge in [-0.15, -0.1) is 0 Å². The summed E-state index contributed by atoms with van der Waals surface area (Å²) in [5.41, 5.74) is 7.39. The van der Waals surface area contributed by atoms with Crippen molar-refractivity contribution in [2.24, 2.45) is 29.6 Å². The number of carboxylic acid groups (broad SMARTS) is 1. The van der Waals surface area contributed by atoms with Crippen molar-refractivity contribution >= 4 is 11.8 Å². The first-order chi connectivity index (χ1) is 23.6. The average molecular weight is 678 g/mol. The van der Waals surface area contributed by atoms with Crippen LogP contribution in [0.15, 0.2) is 48.8 Å². The molecule has 49 heavy (non-hydrogen) atoms. The Morgan fingerprint density at radius 3 is 2.55 bits per heavy atom. The van der Waals surface area contributed by atoms with E-state index in [-0.39, 0.29) is 35.7 Å². The van der Waals surface area contributed by atoms with E-state index in [0.29, 0.717) is 31.0 Å². The lowest BCUT2D eigenvalue weighted by Crippen LogP contribution is -2.38. The Morgan fingerprint density at radius 2 is 1.86 bits per heavy atom. The molecule has 2 aromatic rings. The van der Waals surface area contributed by atoms with Gasteiger partial charge in [0, 0.05) is 24.0 Å². The maximum absolute atomic E-state index is 12.4. The van der Waals surface area contributed by atoms with Gasteiger partial charge in [-0.3, -0.25) is 4.79 Å². The highest BCUT2D eigenvalue weighted by Crippen LogP contribution is 2.57. The van der Waals surface area contributed by atoms with Gasteiger partial charge < -0.3 is 31.1 Å². The average Bonchev–Trinajstić information content (AvgIpc) is 3.85. The number of aliphatic carboxylic acids is 1. The molecule has 8 atom stereocenters. The van der Waals surface area contributed by atoms with Gasteiger partial charge >= 0.3 is 5.97 Å². The molecule has 2 heterocycles. The minimum absolute atomic E-state index is 0.000838. The van der Waals surface area contributed by atoms with Gasteiger partial charge in [0.05, 0.1) is 23.7 Å². The van der Waals surface area contributed by atoms with Gasteiger partial charge in [-0.25, -0.2) is 4.98 Å². The van der Waals surface area contributed by atoms with E-state index >= 15 is 0 Å². The number of nitrogens with one attached hydrogen (secondary N) is 1. The number of aromatic amines is 1. The number of hydrogen-bond acceptors (Lipinski definition) is 6. The van der Waals surface area contributed by atoms with E-state index in [9.17, 15) is 25.2 Å². The van der Waals surface area contributed by atoms with E-state index in [4.69, 9.17) is 5.73 Å². The number of carboxylic acids is 1. The first kappa shape index (κ1) is 37.6. The summed E-state index contributed by atoms with van der Waals surface area (Å²) in [7, 11) is 0. The smallest absolute Gasteiger partial charge is 0.309 e. The lowest BCUT2D eigenvalue weighted by molar-refractivity contribution is -0.146. The number of nitrogen functional groups attached to an aromatic ring is 1. The summed E-state index contributed by atoms with van der Waals surface area (Å²) in [5, 5.41) is 44.5. The van der Waals surface area contributed by atoms with Crippen LogP contribution in [-0.4, -0.2) is 54.2 Å². The van der Waals surface area contributed by atoms with Crippen LogP contribution in [0.5, 0.6) is 0 Å². The van der Waals surface area contributed by atoms with Crippen LogP contribution in [0.2, 0.25) is 0 Å². The van der Waals surface area contributed by atoms with Crippen LogP contribution in [0.4, 0.5) is 5.82 Å². The third kappa shape index (κ3) is 9.56. The molecule has 3 aliphatic rings. The highest BCUT2D eigenvalue weighted by atomic mass is 16.4. The molecular weight excluding hydrogens is 614 g/mol. The SMILES string of the molecule is CCCCCC1C=CC(CCCCCC(C(=O)O)C(O)CCC2(O)CC(C3(c4ccnc(N)c4)CCCC3)CC2Cc2ccc[nH]2)C(O)C1. The predicted octanol–water partition coefficient (Wildman–Crippen LogP) is 7.73. The van der Waals surface area contributed by atoms with Crippen molar-refractivity contribution in [2.75, 3.05) is 5.73 Å². The molecule has 0 amide bonds. The van der Waals surface area contributed by atoms with Crippen LogP contribution < -0.4 is 5.73 Å². The van der Waals surface area contributed by atoms with Gasteiger partial charge in [0.2, 0.25) is 0 Å². The molecule has 0 saturated heterocycles. The van der Waals surface area contributed by atoms with E-state index < -0.39 is 23.6 Å². The van der Waals surface area contributed by atoms with Crippen molar-refractivity contribution < 1.29 is 25.2 Å². The molecule has 0 spiro atoms. The number of aliphatic hydroxyl groups excluding tert-OH is 2. The number of carbonyl (C=O) groups is 1. The number of nitrogens with two attached hydrogens (primary N) is 1. The van der Waals surface area contributed by atoms with E-state index in [1.54, 1.807) is 6.20 Å². The zero-order valence-electron chi connectivity index (χ0n) is 29.8. The fourth-order valence-corrected chi connectivity index (χ4v) is 9.85. The summed E-state index contributed by atoms with van der Waals surface area (Å²) >= 11 is 0. The summed E-state index contributed by atoms with van der Waals surface area (Å²) in [6, 6.07) is 8.16. The van der Waals surface area contributed by atoms with Gasteiger partial charge in [0.25, 0.3) is 0 Å². The summed E-state index contributed by atoms with van der Waals surface area (Å²) in [6.45, 7) is 2.21. The molecule has 0 bridgehead atoms. The first-order valence-electron chi connectivity index (χ1n) is 19.5. The number of rotatable bonds is 19. The maximum Gasteiger partial charge on any atom is 0.309 e. The second-order valence-electron chi connectivity index (χ2n) is 16.0. The predicted molar refractivity (Wildman–Crippen MR) is 195 cm³/mol. The molecular formula is C41H63N3O5. The Bertz CT molecular complexity index is 1320. The van der Waals surface area contributed by atoms with Gasteiger partial charge in [-0.2, -0.15) is 0 Å². The van der Waals surface area contributed by atoms with Crippen molar-refractivity contribution in [2.45, 2.75) is 152 Å². The van der Waals surface area contributed by atoms with E-state index in [0.717, 1.165) is 82.7 Å². The van der Waals surface area contributed by atoms with Gasteiger partial charge in [-0.05, 0) is 124 Å². The minimum Gasteiger partial charge on any atom is -0.481 e. The normalized spacial score (nSPS) is 29.3. The number of unbranched alkanes of at least 4 members (excludes halogenated alkanes) is 4. The highest BCUT2D eigenvalue weighted by Gasteiger charge is 2.54. The molecule has 7 N–H and O–H groups in total. The molecule has 272 valence electrons. The lowest BCUT2D eigenvalue weighted by atomic mass is 9.67. The number of H-pyrrole nitrogens is 1. The lowest BCUT2D eigenvalue weighted by Gasteiger charge is -2.37. The van der Waals surface area contributed by atoms with Gasteiger partial charge in [-0.1, -0.05) is 70.4 Å². The molecule has 3 aliphatic carbocycles. The number of anilines is 1. The number of aliphatic hydroxyl groups is 3. The second kappa shape index (κ2) is 17.5. The zero-order chi connectivity index (χ0) is 34.9. The first-order valence-corrected chi connectivity index (χ1v) is 19.5. The number of pyridine rings is 1. The molecule has 2 fully saturated rings. The molecule has 2 aromatic heterocycles. The Labute approximate surface area is 294 Å². The zero-order valence-corrected chi connectivity index (χ0v) is 29.8. The topological polar surface area (TPSA) is 153 Å². The summed E-state index contributed by atoms with van der Waals surface area (Å²) in [4.78, 5) is 19.9. The standard InChI is InChI=1S/C41H63N3O5/c1-2-3-5-11-29-15-16-30(37(46)24-29)12-6-4-7-14-35(39(47)48)36(45)17-21-41(49)28-33(25-32(41)26-34-13-10-22-43-34)40(19-8-9-20-40)31-18-23-44-38(42)27-31/h10,13,15-16,18,22-23,27,29-30,32-33,35-37,43,45-46,49H,2-9,11-12,14,17,19-21,24-26,28H2,1H3,(H2,42,44)(H,47,48). The fourth-order valence-electron chi connectivity index (χ4n) is 9.85. The highest BCUT2D eigenvalue weighted by molar-refractivity contribution is 5.70. The van der Waals surface area contributed by atoms with Gasteiger partial charge in [0.15, 0.2) is 0 Å². The Balaban J connectivity index is 1.16.